The summed E-state index contributed by atoms with van der Waals surface area (Å²) in [5, 5.41) is 0.903. The molecule has 0 amide bonds. The van der Waals surface area contributed by atoms with Crippen LogP contribution < -0.4 is 4.74 Å². The van der Waals surface area contributed by atoms with Crippen molar-refractivity contribution in [1.29, 1.82) is 0 Å². The Bertz CT molecular complexity index is 999. The second-order valence-electron chi connectivity index (χ2n) is 5.91. The molecule has 6 heteroatoms. The van der Waals surface area contributed by atoms with Crippen LogP contribution in [0.15, 0.2) is 72.3 Å². The SMILES string of the molecule is Cn1cnc2c(SCc3ccc(OCc4ccccc4)cc3)ncnc21. The van der Waals surface area contributed by atoms with Crippen LogP contribution in [-0.4, -0.2) is 19.5 Å². The first-order valence-corrected chi connectivity index (χ1v) is 9.28. The van der Waals surface area contributed by atoms with E-state index in [4.69, 9.17) is 4.74 Å². The summed E-state index contributed by atoms with van der Waals surface area (Å²) in [6.45, 7) is 0.577. The summed E-state index contributed by atoms with van der Waals surface area (Å²) in [5.74, 6) is 1.69. The molecule has 4 rings (SSSR count). The van der Waals surface area contributed by atoms with Gasteiger partial charge in [-0.2, -0.15) is 0 Å². The fraction of sp³-hybridized carbons (Fsp3) is 0.150. The van der Waals surface area contributed by atoms with E-state index < -0.39 is 0 Å². The minimum absolute atomic E-state index is 0.577. The number of hydrogen-bond donors (Lipinski definition) is 0. The van der Waals surface area contributed by atoms with Gasteiger partial charge in [-0.1, -0.05) is 54.2 Å². The smallest absolute Gasteiger partial charge is 0.164 e. The molecule has 0 aliphatic heterocycles. The second kappa shape index (κ2) is 7.58. The van der Waals surface area contributed by atoms with Gasteiger partial charge in [-0.15, -0.1) is 0 Å². The molecule has 5 nitrogen and oxygen atoms in total. The predicted molar refractivity (Wildman–Crippen MR) is 103 cm³/mol. The maximum Gasteiger partial charge on any atom is 0.164 e. The number of aromatic nitrogens is 4. The summed E-state index contributed by atoms with van der Waals surface area (Å²) in [4.78, 5) is 13.0. The van der Waals surface area contributed by atoms with E-state index >= 15 is 0 Å². The molecule has 0 fully saturated rings. The molecule has 0 aliphatic carbocycles. The van der Waals surface area contributed by atoms with E-state index in [9.17, 15) is 0 Å². The Hall–Kier alpha value is -2.86. The number of thioether (sulfide) groups is 1. The number of rotatable bonds is 6. The molecule has 0 saturated heterocycles. The second-order valence-corrected chi connectivity index (χ2v) is 6.88. The van der Waals surface area contributed by atoms with Gasteiger partial charge in [0.15, 0.2) is 5.65 Å². The zero-order chi connectivity index (χ0) is 17.8. The molecular weight excluding hydrogens is 344 g/mol. The molecule has 0 N–H and O–H groups in total. The van der Waals surface area contributed by atoms with Crippen molar-refractivity contribution in [2.24, 2.45) is 7.05 Å². The molecule has 0 bridgehead atoms. The van der Waals surface area contributed by atoms with E-state index in [1.54, 1.807) is 24.4 Å². The number of fused-ring (bicyclic) bond motifs is 1. The Morgan fingerprint density at radius 3 is 2.54 bits per heavy atom. The zero-order valence-electron chi connectivity index (χ0n) is 14.4. The molecule has 2 heterocycles. The number of hydrogen-bond acceptors (Lipinski definition) is 5. The highest BCUT2D eigenvalue weighted by molar-refractivity contribution is 7.98. The van der Waals surface area contributed by atoms with Crippen LogP contribution >= 0.6 is 11.8 Å². The first kappa shape index (κ1) is 16.6. The van der Waals surface area contributed by atoms with Gasteiger partial charge < -0.3 is 9.30 Å². The molecule has 0 spiro atoms. The van der Waals surface area contributed by atoms with E-state index in [1.807, 2.05) is 41.9 Å². The molecule has 26 heavy (non-hydrogen) atoms. The van der Waals surface area contributed by atoms with Gasteiger partial charge >= 0.3 is 0 Å². The Labute approximate surface area is 156 Å². The lowest BCUT2D eigenvalue weighted by atomic mass is 10.2. The number of ether oxygens (including phenoxy) is 1. The van der Waals surface area contributed by atoms with Crippen LogP contribution in [0.2, 0.25) is 0 Å². The summed E-state index contributed by atoms with van der Waals surface area (Å²) in [7, 11) is 1.94. The van der Waals surface area contributed by atoms with Gasteiger partial charge in [0.2, 0.25) is 0 Å². The van der Waals surface area contributed by atoms with Crippen LogP contribution in [0.3, 0.4) is 0 Å². The molecule has 0 atom stereocenters. The molecular formula is C20H18N4OS. The topological polar surface area (TPSA) is 52.8 Å². The third kappa shape index (κ3) is 3.70. The van der Waals surface area contributed by atoms with Gasteiger partial charge in [0, 0.05) is 12.8 Å². The van der Waals surface area contributed by atoms with Crippen molar-refractivity contribution in [2.45, 2.75) is 17.4 Å². The van der Waals surface area contributed by atoms with Crippen LogP contribution in [-0.2, 0) is 19.4 Å². The summed E-state index contributed by atoms with van der Waals surface area (Å²) in [5.41, 5.74) is 4.08. The molecule has 0 radical (unpaired) electrons. The predicted octanol–water partition coefficient (Wildman–Crippen LogP) is 4.23. The van der Waals surface area contributed by atoms with Gasteiger partial charge in [-0.25, -0.2) is 15.0 Å². The number of imidazole rings is 1. The lowest BCUT2D eigenvalue weighted by Gasteiger charge is -2.07. The maximum absolute atomic E-state index is 5.83. The van der Waals surface area contributed by atoms with Crippen LogP contribution in [0.1, 0.15) is 11.1 Å². The number of benzene rings is 2. The molecule has 4 aromatic rings. The van der Waals surface area contributed by atoms with E-state index in [0.29, 0.717) is 6.61 Å². The van der Waals surface area contributed by atoms with E-state index in [1.165, 1.54) is 5.56 Å². The first-order chi connectivity index (χ1) is 12.8. The number of aryl methyl sites for hydroxylation is 1. The van der Waals surface area contributed by atoms with Crippen molar-refractivity contribution in [1.82, 2.24) is 19.5 Å². The largest absolute Gasteiger partial charge is 0.489 e. The summed E-state index contributed by atoms with van der Waals surface area (Å²) in [6.07, 6.45) is 3.36. The van der Waals surface area contributed by atoms with Crippen LogP contribution in [0.5, 0.6) is 5.75 Å². The van der Waals surface area contributed by atoms with E-state index in [0.717, 1.165) is 33.3 Å². The Morgan fingerprint density at radius 2 is 1.73 bits per heavy atom. The third-order valence-electron chi connectivity index (χ3n) is 4.01. The van der Waals surface area contributed by atoms with Crippen molar-refractivity contribution < 1.29 is 4.74 Å². The average molecular weight is 362 g/mol. The fourth-order valence-corrected chi connectivity index (χ4v) is 3.50. The summed E-state index contributed by atoms with van der Waals surface area (Å²) < 4.78 is 7.73. The monoisotopic (exact) mass is 362 g/mol. The normalized spacial score (nSPS) is 11.0. The standard InChI is InChI=1S/C20H18N4OS/c1-24-14-23-18-19(24)21-13-22-20(18)26-12-16-7-9-17(10-8-16)25-11-15-5-3-2-4-6-15/h2-10,13-14H,11-12H2,1H3. The average Bonchev–Trinajstić information content (AvgIpc) is 3.08. The van der Waals surface area contributed by atoms with Gasteiger partial charge in [0.05, 0.1) is 6.33 Å². The third-order valence-corrected chi connectivity index (χ3v) is 5.06. The van der Waals surface area contributed by atoms with Crippen molar-refractivity contribution in [3.05, 3.63) is 78.4 Å². The lowest BCUT2D eigenvalue weighted by molar-refractivity contribution is 0.306. The minimum Gasteiger partial charge on any atom is -0.489 e. The van der Waals surface area contributed by atoms with Crippen LogP contribution in [0, 0.1) is 0 Å². The summed E-state index contributed by atoms with van der Waals surface area (Å²) in [6, 6.07) is 18.4. The maximum atomic E-state index is 5.83. The quantitative estimate of drug-likeness (QED) is 0.379. The highest BCUT2D eigenvalue weighted by Gasteiger charge is 2.09. The molecule has 0 unspecified atom stereocenters. The number of nitrogens with zero attached hydrogens (tertiary/aromatic N) is 4. The van der Waals surface area contributed by atoms with Crippen molar-refractivity contribution in [2.75, 3.05) is 0 Å². The molecule has 2 aromatic heterocycles. The summed E-state index contributed by atoms with van der Waals surface area (Å²) >= 11 is 1.66. The lowest BCUT2D eigenvalue weighted by Crippen LogP contribution is -1.95. The fourth-order valence-electron chi connectivity index (χ4n) is 2.60. The Balaban J connectivity index is 1.38. The van der Waals surface area contributed by atoms with Crippen molar-refractivity contribution in [3.8, 4) is 5.75 Å². The van der Waals surface area contributed by atoms with Gasteiger partial charge in [-0.05, 0) is 23.3 Å². The van der Waals surface area contributed by atoms with Crippen molar-refractivity contribution in [3.63, 3.8) is 0 Å². The van der Waals surface area contributed by atoms with E-state index in [2.05, 4.69) is 39.2 Å². The Kier molecular flexibility index (Phi) is 4.84. The van der Waals surface area contributed by atoms with Gasteiger partial charge in [0.25, 0.3) is 0 Å². The Morgan fingerprint density at radius 1 is 0.923 bits per heavy atom. The highest BCUT2D eigenvalue weighted by Crippen LogP contribution is 2.26. The van der Waals surface area contributed by atoms with Gasteiger partial charge in [-0.3, -0.25) is 0 Å². The first-order valence-electron chi connectivity index (χ1n) is 8.30. The van der Waals surface area contributed by atoms with E-state index in [-0.39, 0.29) is 0 Å². The van der Waals surface area contributed by atoms with Crippen LogP contribution in [0.4, 0.5) is 0 Å². The zero-order valence-corrected chi connectivity index (χ0v) is 15.2. The van der Waals surface area contributed by atoms with Crippen molar-refractivity contribution >= 4 is 22.9 Å². The highest BCUT2D eigenvalue weighted by atomic mass is 32.2. The minimum atomic E-state index is 0.577. The van der Waals surface area contributed by atoms with Gasteiger partial charge in [0.1, 0.15) is 29.2 Å². The molecule has 0 saturated carbocycles. The molecule has 130 valence electrons. The molecule has 0 aliphatic rings. The molecule has 2 aromatic carbocycles. The van der Waals surface area contributed by atoms with Crippen LogP contribution in [0.25, 0.3) is 11.2 Å².